The molecule has 1 saturated heterocycles. The van der Waals surface area contributed by atoms with Crippen LogP contribution < -0.4 is 0 Å². The van der Waals surface area contributed by atoms with E-state index in [1.165, 1.54) is 19.1 Å². The van der Waals surface area contributed by atoms with Crippen LogP contribution in [0.2, 0.25) is 0 Å². The average molecular weight is 399 g/mol. The van der Waals surface area contributed by atoms with Gasteiger partial charge in [-0.3, -0.25) is 4.79 Å². The lowest BCUT2D eigenvalue weighted by atomic mass is 9.72. The van der Waals surface area contributed by atoms with Crippen LogP contribution in [0.1, 0.15) is 43.7 Å². The molecule has 29 heavy (non-hydrogen) atoms. The van der Waals surface area contributed by atoms with Crippen LogP contribution >= 0.6 is 0 Å². The minimum Gasteiger partial charge on any atom is -0.466 e. The number of rotatable bonds is 8. The highest BCUT2D eigenvalue weighted by Crippen LogP contribution is 2.42. The number of hydrogen-bond donors (Lipinski definition) is 1. The highest BCUT2D eigenvalue weighted by atomic mass is 18.2. The van der Waals surface area contributed by atoms with E-state index in [1.54, 1.807) is 12.1 Å². The Morgan fingerprint density at radius 3 is 2.31 bits per heavy atom. The molecule has 1 N–H and O–H groups in total. The second-order valence-electron chi connectivity index (χ2n) is 7.80. The number of nitrogens with zero attached hydrogens (tertiary/aromatic N) is 1. The summed E-state index contributed by atoms with van der Waals surface area (Å²) in [5.41, 5.74) is 0.465. The molecule has 4 nitrogen and oxygen atoms in total. The summed E-state index contributed by atoms with van der Waals surface area (Å²) in [5.74, 6) is -0.466. The van der Waals surface area contributed by atoms with Crippen LogP contribution in [0.3, 0.4) is 0 Å². The molecular formula is C24H30FNO3. The summed E-state index contributed by atoms with van der Waals surface area (Å²) in [6.07, 6.45) is 3.58. The molecule has 0 bridgehead atoms. The predicted octanol–water partition coefficient (Wildman–Crippen LogP) is 4.12. The Morgan fingerprint density at radius 1 is 1.07 bits per heavy atom. The Labute approximate surface area is 172 Å². The highest BCUT2D eigenvalue weighted by Gasteiger charge is 2.41. The molecule has 1 fully saturated rings. The maximum absolute atomic E-state index is 13.5. The molecule has 0 amide bonds. The van der Waals surface area contributed by atoms with Crippen molar-refractivity contribution in [2.24, 2.45) is 5.92 Å². The zero-order valence-electron chi connectivity index (χ0n) is 17.0. The first-order valence-electron chi connectivity index (χ1n) is 10.4. The average Bonchev–Trinajstić information content (AvgIpc) is 2.74. The van der Waals surface area contributed by atoms with Gasteiger partial charge in [0.2, 0.25) is 0 Å². The summed E-state index contributed by atoms with van der Waals surface area (Å²) in [6, 6.07) is 15.9. The highest BCUT2D eigenvalue weighted by molar-refractivity contribution is 5.65. The molecular weight excluding hydrogens is 368 g/mol. The number of aliphatic hydroxyl groups is 1. The van der Waals surface area contributed by atoms with Crippen LogP contribution in [0.15, 0.2) is 54.6 Å². The van der Waals surface area contributed by atoms with Gasteiger partial charge >= 0.3 is 5.97 Å². The molecule has 0 spiro atoms. The van der Waals surface area contributed by atoms with E-state index in [0.29, 0.717) is 6.61 Å². The van der Waals surface area contributed by atoms with Gasteiger partial charge in [-0.1, -0.05) is 42.5 Å². The number of unbranched alkanes of at least 4 members (excludes halogenated alkanes) is 1. The van der Waals surface area contributed by atoms with E-state index in [-0.39, 0.29) is 17.7 Å². The predicted molar refractivity (Wildman–Crippen MR) is 111 cm³/mol. The minimum absolute atomic E-state index is 0.0626. The monoisotopic (exact) mass is 398 g/mol. The summed E-state index contributed by atoms with van der Waals surface area (Å²) in [5, 5.41) is 11.9. The molecule has 1 aliphatic rings. The van der Waals surface area contributed by atoms with Gasteiger partial charge < -0.3 is 14.7 Å². The van der Waals surface area contributed by atoms with Crippen LogP contribution in [0.25, 0.3) is 0 Å². The van der Waals surface area contributed by atoms with Crippen LogP contribution in [-0.4, -0.2) is 42.2 Å². The number of likely N-dealkylation sites (tertiary alicyclic amines) is 1. The third-order valence-corrected chi connectivity index (χ3v) is 5.85. The first-order chi connectivity index (χ1) is 14.0. The molecule has 0 aromatic heterocycles. The number of hydrogen-bond acceptors (Lipinski definition) is 4. The van der Waals surface area contributed by atoms with Crippen molar-refractivity contribution in [3.05, 3.63) is 71.5 Å². The molecule has 156 valence electrons. The molecule has 0 aliphatic carbocycles. The van der Waals surface area contributed by atoms with E-state index in [2.05, 4.69) is 4.90 Å². The molecule has 5 heteroatoms. The Bertz CT molecular complexity index is 772. The second-order valence-corrected chi connectivity index (χ2v) is 7.80. The fourth-order valence-corrected chi connectivity index (χ4v) is 4.26. The molecule has 2 aromatic rings. The summed E-state index contributed by atoms with van der Waals surface area (Å²) in [4.78, 5) is 13.2. The number of piperidine rings is 1. The van der Waals surface area contributed by atoms with Crippen molar-refractivity contribution in [3.63, 3.8) is 0 Å². The third-order valence-electron chi connectivity index (χ3n) is 5.85. The maximum Gasteiger partial charge on any atom is 0.302 e. The van der Waals surface area contributed by atoms with Crippen molar-refractivity contribution in [1.82, 2.24) is 4.90 Å². The van der Waals surface area contributed by atoms with E-state index in [0.717, 1.165) is 56.4 Å². The topological polar surface area (TPSA) is 49.8 Å². The van der Waals surface area contributed by atoms with Crippen LogP contribution in [0.4, 0.5) is 4.39 Å². The van der Waals surface area contributed by atoms with Crippen molar-refractivity contribution in [2.75, 3.05) is 26.2 Å². The summed E-state index contributed by atoms with van der Waals surface area (Å²) >= 11 is 0. The first kappa shape index (κ1) is 21.5. The van der Waals surface area contributed by atoms with Crippen LogP contribution in [-0.2, 0) is 15.1 Å². The van der Waals surface area contributed by atoms with Crippen molar-refractivity contribution < 1.29 is 19.0 Å². The van der Waals surface area contributed by atoms with Crippen LogP contribution in [0, 0.1) is 11.7 Å². The van der Waals surface area contributed by atoms with Crippen molar-refractivity contribution in [3.8, 4) is 0 Å². The number of carbonyl (C=O) groups excluding carboxylic acids is 1. The van der Waals surface area contributed by atoms with E-state index >= 15 is 0 Å². The number of carbonyl (C=O) groups is 1. The lowest BCUT2D eigenvalue weighted by Crippen LogP contribution is -2.44. The van der Waals surface area contributed by atoms with Crippen molar-refractivity contribution in [1.29, 1.82) is 0 Å². The second kappa shape index (κ2) is 9.99. The summed E-state index contributed by atoms with van der Waals surface area (Å²) in [7, 11) is 0. The largest absolute Gasteiger partial charge is 0.466 e. The van der Waals surface area contributed by atoms with Gasteiger partial charge in [0.15, 0.2) is 0 Å². The SMILES string of the molecule is CC(=O)OCCCCN1CCC(C(O)(c2ccccc2)c2ccc([18F])cc2)CC1. The molecule has 0 saturated carbocycles. The number of benzene rings is 2. The molecule has 1 unspecified atom stereocenters. The first-order valence-corrected chi connectivity index (χ1v) is 10.4. The minimum atomic E-state index is -1.13. The van der Waals surface area contributed by atoms with Crippen LogP contribution in [0.5, 0.6) is 0 Å². The van der Waals surface area contributed by atoms with Gasteiger partial charge in [-0.05, 0) is 74.5 Å². The zero-order chi connectivity index (χ0) is 20.7. The van der Waals surface area contributed by atoms with Crippen molar-refractivity contribution in [2.45, 2.75) is 38.2 Å². The Kier molecular flexibility index (Phi) is 7.40. The Balaban J connectivity index is 1.65. The van der Waals surface area contributed by atoms with Crippen molar-refractivity contribution >= 4 is 5.97 Å². The molecule has 1 aliphatic heterocycles. The number of esters is 1. The van der Waals surface area contributed by atoms with E-state index in [9.17, 15) is 14.3 Å². The van der Waals surface area contributed by atoms with Gasteiger partial charge in [-0.2, -0.15) is 0 Å². The van der Waals surface area contributed by atoms with Gasteiger partial charge in [0.05, 0.1) is 6.61 Å². The van der Waals surface area contributed by atoms with Gasteiger partial charge in [-0.25, -0.2) is 4.39 Å². The van der Waals surface area contributed by atoms with E-state index in [4.69, 9.17) is 4.74 Å². The standard InChI is InChI=1S/C24H30FNO3/c1-19(27)29-18-6-5-15-26-16-13-22(14-17-26)24(28,20-7-3-2-4-8-20)21-9-11-23(25)12-10-21/h2-4,7-12,22,28H,5-6,13-18H2,1H3/i25-1. The summed E-state index contributed by atoms with van der Waals surface area (Å²) in [6.45, 7) is 4.70. The Morgan fingerprint density at radius 2 is 1.69 bits per heavy atom. The van der Waals surface area contributed by atoms with Gasteiger partial charge in [0, 0.05) is 6.92 Å². The van der Waals surface area contributed by atoms with E-state index < -0.39 is 5.60 Å². The van der Waals surface area contributed by atoms with Gasteiger partial charge in [0.25, 0.3) is 0 Å². The number of ether oxygens (including phenoxy) is 1. The smallest absolute Gasteiger partial charge is 0.302 e. The molecule has 1 atom stereocenters. The van der Waals surface area contributed by atoms with E-state index in [1.807, 2.05) is 30.3 Å². The zero-order valence-corrected chi connectivity index (χ0v) is 17.0. The maximum atomic E-state index is 13.5. The quantitative estimate of drug-likeness (QED) is 0.537. The molecule has 3 rings (SSSR count). The molecule has 2 aromatic carbocycles. The lowest BCUT2D eigenvalue weighted by Gasteiger charge is -2.42. The number of halogens is 1. The fourth-order valence-electron chi connectivity index (χ4n) is 4.26. The molecule has 1 heterocycles. The fraction of sp³-hybridized carbons (Fsp3) is 0.458. The van der Waals surface area contributed by atoms with Gasteiger partial charge in [0.1, 0.15) is 11.4 Å². The van der Waals surface area contributed by atoms with Gasteiger partial charge in [-0.15, -0.1) is 0 Å². The molecule has 0 radical (unpaired) electrons. The normalized spacial score (nSPS) is 17.6. The lowest BCUT2D eigenvalue weighted by molar-refractivity contribution is -0.141. The summed E-state index contributed by atoms with van der Waals surface area (Å²) < 4.78 is 18.5. The third kappa shape index (κ3) is 5.43. The Hall–Kier alpha value is -2.24.